The van der Waals surface area contributed by atoms with Crippen LogP contribution in [0.3, 0.4) is 0 Å². The monoisotopic (exact) mass is 312 g/mol. The number of imidazole rings is 1. The second-order valence-corrected chi connectivity index (χ2v) is 6.63. The Bertz CT molecular complexity index is 792. The predicted octanol–water partition coefficient (Wildman–Crippen LogP) is 3.70. The summed E-state index contributed by atoms with van der Waals surface area (Å²) in [4.78, 5) is 4.49. The van der Waals surface area contributed by atoms with Crippen LogP contribution in [-0.4, -0.2) is 19.3 Å². The van der Waals surface area contributed by atoms with Crippen LogP contribution in [0.5, 0.6) is 0 Å². The van der Waals surface area contributed by atoms with E-state index in [1.807, 2.05) is 24.7 Å². The summed E-state index contributed by atoms with van der Waals surface area (Å²) in [5.41, 5.74) is 3.04. The molecule has 0 aliphatic rings. The fraction of sp³-hybridized carbons (Fsp3) is 0.333. The molecule has 0 saturated heterocycles. The molecule has 0 aliphatic heterocycles. The van der Waals surface area contributed by atoms with Crippen LogP contribution in [0.25, 0.3) is 11.2 Å². The minimum absolute atomic E-state index is 0.744. The number of aromatic nitrogens is 4. The highest BCUT2D eigenvalue weighted by Gasteiger charge is 2.12. The Hall–Kier alpha value is -1.11. The maximum absolute atomic E-state index is 5.95. The van der Waals surface area contributed by atoms with Crippen molar-refractivity contribution in [2.24, 2.45) is 7.05 Å². The van der Waals surface area contributed by atoms with Gasteiger partial charge in [0, 0.05) is 18.5 Å². The third kappa shape index (κ3) is 2.24. The molecular formula is C12H13ClN4S2. The zero-order valence-corrected chi connectivity index (χ0v) is 13.0. The van der Waals surface area contributed by atoms with Gasteiger partial charge in [0.15, 0.2) is 10.4 Å². The van der Waals surface area contributed by atoms with Gasteiger partial charge >= 0.3 is 0 Å². The molecule has 0 bridgehead atoms. The smallest absolute Gasteiger partial charge is 0.179 e. The van der Waals surface area contributed by atoms with Crippen molar-refractivity contribution >= 4 is 46.3 Å². The maximum Gasteiger partial charge on any atom is 0.179 e. The van der Waals surface area contributed by atoms with E-state index in [9.17, 15) is 0 Å². The first-order valence-electron chi connectivity index (χ1n) is 5.92. The van der Waals surface area contributed by atoms with Gasteiger partial charge in [-0.05, 0) is 37.7 Å². The van der Waals surface area contributed by atoms with Crippen LogP contribution in [0.15, 0.2) is 12.1 Å². The van der Waals surface area contributed by atoms with E-state index in [-0.39, 0.29) is 0 Å². The van der Waals surface area contributed by atoms with Gasteiger partial charge in [-0.15, -0.1) is 11.3 Å². The fourth-order valence-electron chi connectivity index (χ4n) is 2.29. The highest BCUT2D eigenvalue weighted by Crippen LogP contribution is 2.23. The van der Waals surface area contributed by atoms with E-state index >= 15 is 0 Å². The summed E-state index contributed by atoms with van der Waals surface area (Å²) < 4.78 is 5.54. The minimum Gasteiger partial charge on any atom is -0.328 e. The van der Waals surface area contributed by atoms with Crippen LogP contribution in [0.1, 0.15) is 10.6 Å². The molecule has 0 saturated carbocycles. The molecule has 1 N–H and O–H groups in total. The number of H-pyrrole nitrogens is 1. The van der Waals surface area contributed by atoms with Crippen molar-refractivity contribution in [2.75, 3.05) is 0 Å². The van der Waals surface area contributed by atoms with E-state index in [2.05, 4.69) is 20.7 Å². The van der Waals surface area contributed by atoms with Crippen LogP contribution in [0.4, 0.5) is 0 Å². The Kier molecular flexibility index (Phi) is 3.24. The lowest BCUT2D eigenvalue weighted by atomic mass is 10.3. The molecular weight excluding hydrogens is 300 g/mol. The number of aryl methyl sites for hydroxylation is 4. The Labute approximate surface area is 124 Å². The topological polar surface area (TPSA) is 38.5 Å². The first kappa shape index (κ1) is 12.9. The summed E-state index contributed by atoms with van der Waals surface area (Å²) in [6, 6.07) is 4.00. The molecule has 0 aliphatic carbocycles. The number of aromatic amines is 1. The summed E-state index contributed by atoms with van der Waals surface area (Å²) in [5.74, 6) is 0. The molecule has 3 heterocycles. The van der Waals surface area contributed by atoms with Crippen LogP contribution in [0.2, 0.25) is 4.34 Å². The van der Waals surface area contributed by atoms with Crippen molar-refractivity contribution < 1.29 is 0 Å². The number of halogens is 1. The number of nitrogens with one attached hydrogen (secondary N) is 1. The second kappa shape index (κ2) is 4.77. The number of hydrogen-bond acceptors (Lipinski definition) is 3. The highest BCUT2D eigenvalue weighted by atomic mass is 35.5. The van der Waals surface area contributed by atoms with Crippen LogP contribution < -0.4 is 0 Å². The van der Waals surface area contributed by atoms with Crippen LogP contribution in [0, 0.1) is 11.7 Å². The van der Waals surface area contributed by atoms with E-state index in [1.165, 1.54) is 4.88 Å². The maximum atomic E-state index is 5.95. The Balaban J connectivity index is 1.96. The van der Waals surface area contributed by atoms with Gasteiger partial charge in [-0.3, -0.25) is 4.68 Å². The van der Waals surface area contributed by atoms with Gasteiger partial charge in [-0.2, -0.15) is 5.10 Å². The van der Waals surface area contributed by atoms with E-state index in [4.69, 9.17) is 23.8 Å². The Morgan fingerprint density at radius 1 is 1.47 bits per heavy atom. The summed E-state index contributed by atoms with van der Waals surface area (Å²) in [6.45, 7) is 2.81. The van der Waals surface area contributed by atoms with Gasteiger partial charge in [0.05, 0.1) is 10.0 Å². The molecule has 0 fully saturated rings. The molecule has 0 atom stereocenters. The summed E-state index contributed by atoms with van der Waals surface area (Å²) in [6.07, 6.45) is 0.920. The average Bonchev–Trinajstić information content (AvgIpc) is 2.97. The van der Waals surface area contributed by atoms with Gasteiger partial charge in [0.25, 0.3) is 0 Å². The molecule has 3 aromatic heterocycles. The Morgan fingerprint density at radius 2 is 2.26 bits per heavy atom. The molecule has 4 nitrogen and oxygen atoms in total. The van der Waals surface area contributed by atoms with Crippen LogP contribution >= 0.6 is 35.2 Å². The molecule has 100 valence electrons. The van der Waals surface area contributed by atoms with Gasteiger partial charge in [0.1, 0.15) is 5.52 Å². The normalized spacial score (nSPS) is 11.5. The van der Waals surface area contributed by atoms with E-state index in [0.717, 1.165) is 38.9 Å². The quantitative estimate of drug-likeness (QED) is 0.749. The zero-order chi connectivity index (χ0) is 13.6. The lowest BCUT2D eigenvalue weighted by Gasteiger charge is -2.03. The Morgan fingerprint density at radius 3 is 2.95 bits per heavy atom. The molecule has 0 unspecified atom stereocenters. The number of fused-ring (bicyclic) bond motifs is 1. The van der Waals surface area contributed by atoms with E-state index < -0.39 is 0 Å². The van der Waals surface area contributed by atoms with Crippen molar-refractivity contribution in [1.29, 1.82) is 0 Å². The highest BCUT2D eigenvalue weighted by molar-refractivity contribution is 7.71. The number of thiophene rings is 1. The van der Waals surface area contributed by atoms with Gasteiger partial charge in [0.2, 0.25) is 0 Å². The van der Waals surface area contributed by atoms with Crippen LogP contribution in [-0.2, 0) is 20.0 Å². The fourth-order valence-corrected chi connectivity index (χ4v) is 3.64. The summed E-state index contributed by atoms with van der Waals surface area (Å²) in [5, 5.41) is 4.41. The number of hydrogen-bond donors (Lipinski definition) is 1. The second-order valence-electron chi connectivity index (χ2n) is 4.45. The molecule has 7 heteroatoms. The van der Waals surface area contributed by atoms with E-state index in [0.29, 0.717) is 0 Å². The first-order valence-corrected chi connectivity index (χ1v) is 7.53. The van der Waals surface area contributed by atoms with Crippen molar-refractivity contribution in [2.45, 2.75) is 19.9 Å². The lowest BCUT2D eigenvalue weighted by Crippen LogP contribution is -2.04. The van der Waals surface area contributed by atoms with Crippen molar-refractivity contribution in [3.63, 3.8) is 0 Å². The van der Waals surface area contributed by atoms with Crippen molar-refractivity contribution in [3.8, 4) is 0 Å². The molecule has 0 spiro atoms. The molecule has 0 amide bonds. The standard InChI is InChI=1S/C12H13ClN4S2/c1-7-10-11(16(2)15-7)17(12(18)14-10)6-5-8-3-4-9(13)19-8/h3-4H,5-6H2,1-2H3,(H,14,18). The molecule has 19 heavy (non-hydrogen) atoms. The average molecular weight is 313 g/mol. The van der Waals surface area contributed by atoms with Gasteiger partial charge in [-0.25, -0.2) is 0 Å². The lowest BCUT2D eigenvalue weighted by molar-refractivity contribution is 0.668. The number of rotatable bonds is 3. The summed E-state index contributed by atoms with van der Waals surface area (Å²) in [7, 11) is 1.94. The zero-order valence-electron chi connectivity index (χ0n) is 10.6. The predicted molar refractivity (Wildman–Crippen MR) is 81.7 cm³/mol. The van der Waals surface area contributed by atoms with E-state index in [1.54, 1.807) is 11.3 Å². The number of nitrogens with zero attached hydrogens (tertiary/aromatic N) is 3. The third-order valence-electron chi connectivity index (χ3n) is 3.14. The van der Waals surface area contributed by atoms with Gasteiger partial charge in [-0.1, -0.05) is 11.6 Å². The summed E-state index contributed by atoms with van der Waals surface area (Å²) >= 11 is 13.0. The molecule has 0 aromatic carbocycles. The first-order chi connectivity index (χ1) is 9.06. The molecule has 3 aromatic rings. The molecule has 0 radical (unpaired) electrons. The third-order valence-corrected chi connectivity index (χ3v) is 4.75. The van der Waals surface area contributed by atoms with Crippen molar-refractivity contribution in [3.05, 3.63) is 31.8 Å². The largest absolute Gasteiger partial charge is 0.328 e. The SMILES string of the molecule is Cc1nn(C)c2c1[nH]c(=S)n2CCc1ccc(Cl)s1. The van der Waals surface area contributed by atoms with Crippen molar-refractivity contribution in [1.82, 2.24) is 19.3 Å². The molecule has 3 rings (SSSR count). The van der Waals surface area contributed by atoms with Gasteiger partial charge < -0.3 is 9.55 Å². The minimum atomic E-state index is 0.744.